The van der Waals surface area contributed by atoms with Gasteiger partial charge in [0.15, 0.2) is 6.29 Å². The highest BCUT2D eigenvalue weighted by molar-refractivity contribution is 5.76. The second-order valence-electron chi connectivity index (χ2n) is 15.5. The zero-order chi connectivity index (χ0) is 38.1. The van der Waals surface area contributed by atoms with Crippen molar-refractivity contribution in [1.82, 2.24) is 5.32 Å². The number of aliphatic hydroxyl groups excluding tert-OH is 5. The van der Waals surface area contributed by atoms with Gasteiger partial charge >= 0.3 is 0 Å². The number of unbranched alkanes of at least 4 members (excludes halogenated alkanes) is 26. The molecular formula is C43H83NO8. The Morgan fingerprint density at radius 3 is 1.50 bits per heavy atom. The molecule has 6 N–H and O–H groups in total. The number of aliphatic hydroxyl groups is 5. The maximum atomic E-state index is 12.6. The van der Waals surface area contributed by atoms with Gasteiger partial charge in [0.2, 0.25) is 5.91 Å². The summed E-state index contributed by atoms with van der Waals surface area (Å²) in [5, 5.41) is 53.7. The van der Waals surface area contributed by atoms with Gasteiger partial charge in [-0.3, -0.25) is 4.79 Å². The van der Waals surface area contributed by atoms with E-state index >= 15 is 0 Å². The summed E-state index contributed by atoms with van der Waals surface area (Å²) in [5.41, 5.74) is 0. The van der Waals surface area contributed by atoms with Crippen molar-refractivity contribution in [1.29, 1.82) is 0 Å². The predicted molar refractivity (Wildman–Crippen MR) is 212 cm³/mol. The lowest BCUT2D eigenvalue weighted by atomic mass is 9.99. The lowest BCUT2D eigenvalue weighted by Crippen LogP contribution is -2.60. The van der Waals surface area contributed by atoms with Gasteiger partial charge in [0.1, 0.15) is 24.4 Å². The number of carbonyl (C=O) groups excluding carboxylic acids is 1. The summed E-state index contributed by atoms with van der Waals surface area (Å²) < 4.78 is 11.1. The van der Waals surface area contributed by atoms with Gasteiger partial charge in [0.25, 0.3) is 0 Å². The molecule has 1 heterocycles. The predicted octanol–water partition coefficient (Wildman–Crippen LogP) is 8.56. The molecule has 0 radical (unpaired) electrons. The van der Waals surface area contributed by atoms with E-state index in [1.165, 1.54) is 135 Å². The number of allylic oxidation sites excluding steroid dienone is 1. The van der Waals surface area contributed by atoms with Crippen LogP contribution in [0, 0.1) is 0 Å². The minimum absolute atomic E-state index is 0.186. The van der Waals surface area contributed by atoms with E-state index in [4.69, 9.17) is 9.47 Å². The maximum Gasteiger partial charge on any atom is 0.220 e. The molecule has 7 atom stereocenters. The molecule has 1 amide bonds. The molecule has 9 nitrogen and oxygen atoms in total. The fraction of sp³-hybridized carbons (Fsp3) is 0.930. The summed E-state index contributed by atoms with van der Waals surface area (Å²) >= 11 is 0. The third-order valence-electron chi connectivity index (χ3n) is 10.6. The van der Waals surface area contributed by atoms with Crippen molar-refractivity contribution >= 4 is 5.91 Å². The molecule has 9 heteroatoms. The van der Waals surface area contributed by atoms with Gasteiger partial charge in [-0.1, -0.05) is 187 Å². The molecule has 1 aliphatic heterocycles. The fourth-order valence-corrected chi connectivity index (χ4v) is 7.04. The van der Waals surface area contributed by atoms with E-state index in [9.17, 15) is 30.3 Å². The Hall–Kier alpha value is -1.07. The highest BCUT2D eigenvalue weighted by Gasteiger charge is 2.44. The van der Waals surface area contributed by atoms with Crippen molar-refractivity contribution < 1.29 is 39.8 Å². The number of rotatable bonds is 36. The first-order valence-corrected chi connectivity index (χ1v) is 21.9. The molecule has 0 aromatic rings. The molecule has 1 fully saturated rings. The summed E-state index contributed by atoms with van der Waals surface area (Å²) in [5.74, 6) is -0.194. The van der Waals surface area contributed by atoms with Crippen LogP contribution in [0.4, 0.5) is 0 Å². The molecule has 0 aromatic carbocycles. The third kappa shape index (κ3) is 25.1. The molecule has 1 aliphatic rings. The normalized spacial score (nSPS) is 21.9. The SMILES string of the molecule is CCCCCCCCCCCCCCCCCCCCCCCCC/C=C/C(O)C(COC1OC(CO)C(O)C(O)C1O)NC(=O)CCCCCC. The number of carbonyl (C=O) groups is 1. The van der Waals surface area contributed by atoms with Crippen molar-refractivity contribution in [2.75, 3.05) is 13.2 Å². The summed E-state index contributed by atoms with van der Waals surface area (Å²) in [4.78, 5) is 12.6. The van der Waals surface area contributed by atoms with Gasteiger partial charge in [-0.2, -0.15) is 0 Å². The Morgan fingerprint density at radius 1 is 0.635 bits per heavy atom. The number of hydrogen-bond donors (Lipinski definition) is 6. The van der Waals surface area contributed by atoms with Crippen molar-refractivity contribution in [2.24, 2.45) is 0 Å². The minimum Gasteiger partial charge on any atom is -0.394 e. The molecule has 0 aromatic heterocycles. The number of nitrogens with one attached hydrogen (secondary N) is 1. The van der Waals surface area contributed by atoms with E-state index in [1.807, 2.05) is 6.08 Å². The van der Waals surface area contributed by atoms with E-state index in [1.54, 1.807) is 6.08 Å². The molecular weight excluding hydrogens is 658 g/mol. The second-order valence-corrected chi connectivity index (χ2v) is 15.5. The van der Waals surface area contributed by atoms with Gasteiger partial charge in [0, 0.05) is 6.42 Å². The van der Waals surface area contributed by atoms with Crippen LogP contribution in [-0.4, -0.2) is 87.5 Å². The molecule has 0 saturated carbocycles. The first kappa shape index (κ1) is 48.9. The van der Waals surface area contributed by atoms with Crippen LogP contribution in [0.3, 0.4) is 0 Å². The lowest BCUT2D eigenvalue weighted by Gasteiger charge is -2.40. The molecule has 7 unspecified atom stereocenters. The summed E-state index contributed by atoms with van der Waals surface area (Å²) in [6, 6.07) is -0.795. The quantitative estimate of drug-likeness (QED) is 0.0277. The summed E-state index contributed by atoms with van der Waals surface area (Å²) in [6.45, 7) is 3.65. The fourth-order valence-electron chi connectivity index (χ4n) is 7.04. The number of amides is 1. The number of hydrogen-bond acceptors (Lipinski definition) is 8. The van der Waals surface area contributed by atoms with E-state index in [2.05, 4.69) is 19.2 Å². The van der Waals surface area contributed by atoms with Gasteiger partial charge in [-0.05, 0) is 19.3 Å². The van der Waals surface area contributed by atoms with Gasteiger partial charge in [-0.25, -0.2) is 0 Å². The summed E-state index contributed by atoms with van der Waals surface area (Å²) in [6.07, 6.45) is 31.9. The average molecular weight is 742 g/mol. The van der Waals surface area contributed by atoms with Crippen LogP contribution < -0.4 is 5.32 Å². The van der Waals surface area contributed by atoms with Crippen LogP contribution in [0.5, 0.6) is 0 Å². The van der Waals surface area contributed by atoms with Crippen LogP contribution in [0.25, 0.3) is 0 Å². The van der Waals surface area contributed by atoms with Crippen LogP contribution in [0.1, 0.15) is 200 Å². The molecule has 1 rings (SSSR count). The first-order chi connectivity index (χ1) is 25.3. The minimum atomic E-state index is -1.56. The highest BCUT2D eigenvalue weighted by atomic mass is 16.7. The van der Waals surface area contributed by atoms with E-state index < -0.39 is 49.5 Å². The van der Waals surface area contributed by atoms with Crippen LogP contribution in [0.2, 0.25) is 0 Å². The maximum absolute atomic E-state index is 12.6. The second kappa shape index (κ2) is 34.4. The zero-order valence-electron chi connectivity index (χ0n) is 33.6. The molecule has 1 saturated heterocycles. The average Bonchev–Trinajstić information content (AvgIpc) is 3.14. The molecule has 308 valence electrons. The Kier molecular flexibility index (Phi) is 32.4. The molecule has 0 bridgehead atoms. The van der Waals surface area contributed by atoms with Crippen molar-refractivity contribution in [3.63, 3.8) is 0 Å². The Labute approximate surface area is 318 Å². The monoisotopic (exact) mass is 742 g/mol. The number of ether oxygens (including phenoxy) is 2. The van der Waals surface area contributed by atoms with Crippen LogP contribution in [-0.2, 0) is 14.3 Å². The Bertz CT molecular complexity index is 827. The Balaban J connectivity index is 2.15. The Morgan fingerprint density at radius 2 is 1.06 bits per heavy atom. The zero-order valence-corrected chi connectivity index (χ0v) is 33.6. The standard InChI is InChI=1S/C43H83NO8/c1-3-5-7-9-10-11-12-13-14-15-16-17-18-19-20-21-22-23-24-25-26-27-28-29-30-32-37(46)36(44-39(47)33-31-8-6-4-2)35-51-43-42(50)41(49)40(48)38(34-45)52-43/h30,32,36-38,40-43,45-46,48-50H,3-29,31,33-35H2,1-2H3,(H,44,47)/b32-30+. The van der Waals surface area contributed by atoms with Crippen molar-refractivity contribution in [3.8, 4) is 0 Å². The van der Waals surface area contributed by atoms with Crippen LogP contribution in [0.15, 0.2) is 12.2 Å². The molecule has 0 aliphatic carbocycles. The summed E-state index contributed by atoms with van der Waals surface area (Å²) in [7, 11) is 0. The van der Waals surface area contributed by atoms with Crippen LogP contribution >= 0.6 is 0 Å². The smallest absolute Gasteiger partial charge is 0.220 e. The largest absolute Gasteiger partial charge is 0.394 e. The third-order valence-corrected chi connectivity index (χ3v) is 10.6. The molecule has 0 spiro atoms. The van der Waals surface area contributed by atoms with Crippen molar-refractivity contribution in [3.05, 3.63) is 12.2 Å². The lowest BCUT2D eigenvalue weighted by molar-refractivity contribution is -0.302. The first-order valence-electron chi connectivity index (χ1n) is 21.9. The van der Waals surface area contributed by atoms with Gasteiger partial charge in [0.05, 0.1) is 25.4 Å². The molecule has 52 heavy (non-hydrogen) atoms. The van der Waals surface area contributed by atoms with Gasteiger partial charge < -0.3 is 40.3 Å². The van der Waals surface area contributed by atoms with Gasteiger partial charge in [-0.15, -0.1) is 0 Å². The topological polar surface area (TPSA) is 149 Å². The van der Waals surface area contributed by atoms with Crippen molar-refractivity contribution in [2.45, 2.75) is 243 Å². The van der Waals surface area contributed by atoms with E-state index in [0.29, 0.717) is 6.42 Å². The van der Waals surface area contributed by atoms with E-state index in [0.717, 1.165) is 44.9 Å². The van der Waals surface area contributed by atoms with E-state index in [-0.39, 0.29) is 12.5 Å². The highest BCUT2D eigenvalue weighted by Crippen LogP contribution is 2.22.